The number of nitrogens with zero attached hydrogens (tertiary/aromatic N) is 7. The van der Waals surface area contributed by atoms with Gasteiger partial charge in [-0.3, -0.25) is 9.67 Å². The lowest BCUT2D eigenvalue weighted by molar-refractivity contribution is 0.589. The molecule has 0 saturated heterocycles. The summed E-state index contributed by atoms with van der Waals surface area (Å²) in [5.41, 5.74) is 3.14. The Morgan fingerprint density at radius 1 is 1.10 bits per heavy atom. The number of fused-ring (bicyclic) bond motifs is 2. The van der Waals surface area contributed by atoms with Gasteiger partial charge in [0.1, 0.15) is 6.21 Å². The Morgan fingerprint density at radius 3 is 2.90 bits per heavy atom. The van der Waals surface area contributed by atoms with Crippen molar-refractivity contribution in [1.29, 1.82) is 0 Å². The van der Waals surface area contributed by atoms with Gasteiger partial charge in [-0.15, -0.1) is 0 Å². The average Bonchev–Trinajstić information content (AvgIpc) is 3.54. The lowest BCUT2D eigenvalue weighted by atomic mass is 10.2. The van der Waals surface area contributed by atoms with Crippen LogP contribution in [0.1, 0.15) is 5.56 Å². The topological polar surface area (TPSA) is 79.8 Å². The number of quaternary nitrogens is 1. The van der Waals surface area contributed by atoms with Gasteiger partial charge in [-0.1, -0.05) is 46.3 Å². The normalized spacial score (nSPS) is 19.4. The maximum Gasteiger partial charge on any atom is 0.324 e. The molecular formula is C22H17N8S+. The number of aliphatic imine (C=N–C) groups is 2. The molecule has 2 aromatic carbocycles. The van der Waals surface area contributed by atoms with Crippen LogP contribution in [-0.4, -0.2) is 32.8 Å². The second kappa shape index (κ2) is 7.08. The molecule has 2 aliphatic heterocycles. The van der Waals surface area contributed by atoms with E-state index >= 15 is 0 Å². The van der Waals surface area contributed by atoms with Crippen molar-refractivity contribution in [2.75, 3.05) is 5.32 Å². The van der Waals surface area contributed by atoms with Crippen LogP contribution in [0.25, 0.3) is 10.9 Å². The van der Waals surface area contributed by atoms with E-state index in [4.69, 9.17) is 5.10 Å². The molecule has 0 bridgehead atoms. The van der Waals surface area contributed by atoms with Crippen molar-refractivity contribution in [3.05, 3.63) is 84.3 Å². The number of amidine groups is 1. The van der Waals surface area contributed by atoms with Crippen LogP contribution in [0.2, 0.25) is 0 Å². The molecule has 2 aliphatic rings. The van der Waals surface area contributed by atoms with E-state index in [0.717, 1.165) is 21.7 Å². The first-order valence-corrected chi connectivity index (χ1v) is 10.6. The van der Waals surface area contributed by atoms with Crippen molar-refractivity contribution >= 4 is 51.1 Å². The standard InChI is InChI=1S/C22H17N8S/c1-2-4-16(5-3-1)15-29-19-12-18(7-6-17(19)13-25-29)26-21-27-20-14-23-8-10-30(20,28-21)22-24-9-11-31-22/h1-14H,15H2,(H,26,28)/q+1. The molecule has 0 fully saturated rings. The zero-order valence-corrected chi connectivity index (χ0v) is 17.1. The monoisotopic (exact) mass is 425 g/mol. The minimum Gasteiger partial charge on any atom is -0.320 e. The Kier molecular flexibility index (Phi) is 4.08. The van der Waals surface area contributed by atoms with Crippen molar-refractivity contribution in [3.8, 4) is 0 Å². The summed E-state index contributed by atoms with van der Waals surface area (Å²) in [5, 5.41) is 16.6. The van der Waals surface area contributed by atoms with Crippen molar-refractivity contribution in [1.82, 2.24) is 19.4 Å². The first-order valence-electron chi connectivity index (χ1n) is 9.76. The van der Waals surface area contributed by atoms with E-state index in [2.05, 4.69) is 49.6 Å². The first kappa shape index (κ1) is 17.9. The molecule has 0 saturated carbocycles. The quantitative estimate of drug-likeness (QED) is 0.498. The molecule has 8 nitrogen and oxygen atoms in total. The molecular weight excluding hydrogens is 408 g/mol. The summed E-state index contributed by atoms with van der Waals surface area (Å²) in [6, 6.07) is 16.4. The number of thiazole rings is 1. The van der Waals surface area contributed by atoms with E-state index in [1.54, 1.807) is 18.6 Å². The Morgan fingerprint density at radius 2 is 2.03 bits per heavy atom. The molecule has 1 atom stereocenters. The Hall–Kier alpha value is -3.95. The van der Waals surface area contributed by atoms with Crippen LogP contribution in [0.4, 0.5) is 10.8 Å². The van der Waals surface area contributed by atoms with E-state index < -0.39 is 0 Å². The number of anilines is 1. The summed E-state index contributed by atoms with van der Waals surface area (Å²) in [6.45, 7) is 0.711. The zero-order chi connectivity index (χ0) is 20.7. The van der Waals surface area contributed by atoms with Crippen LogP contribution in [0, 0.1) is 0 Å². The molecule has 1 unspecified atom stereocenters. The molecule has 9 heteroatoms. The molecule has 4 heterocycles. The van der Waals surface area contributed by atoms with Crippen LogP contribution in [0.3, 0.4) is 0 Å². The zero-order valence-electron chi connectivity index (χ0n) is 16.3. The lowest BCUT2D eigenvalue weighted by Crippen LogP contribution is -2.44. The number of guanidine groups is 1. The molecule has 0 spiro atoms. The van der Waals surface area contributed by atoms with Crippen LogP contribution < -0.4 is 9.91 Å². The summed E-state index contributed by atoms with van der Waals surface area (Å²) in [7, 11) is 0. The van der Waals surface area contributed by atoms with E-state index in [1.165, 1.54) is 16.9 Å². The van der Waals surface area contributed by atoms with Crippen molar-refractivity contribution in [2.45, 2.75) is 6.54 Å². The molecule has 0 aliphatic carbocycles. The number of hydrogen-bond donors (Lipinski definition) is 1. The fourth-order valence-corrected chi connectivity index (χ4v) is 4.40. The van der Waals surface area contributed by atoms with Gasteiger partial charge >= 0.3 is 5.13 Å². The Bertz CT molecular complexity index is 1380. The molecule has 2 aromatic heterocycles. The van der Waals surface area contributed by atoms with Crippen LogP contribution in [0.15, 0.2) is 93.8 Å². The van der Waals surface area contributed by atoms with Crippen molar-refractivity contribution < 1.29 is 0 Å². The third kappa shape index (κ3) is 3.07. The predicted octanol–water partition coefficient (Wildman–Crippen LogP) is 4.20. The summed E-state index contributed by atoms with van der Waals surface area (Å²) in [4.78, 5) is 13.3. The number of hydrogen-bond acceptors (Lipinski definition) is 7. The fourth-order valence-electron chi connectivity index (χ4n) is 3.68. The lowest BCUT2D eigenvalue weighted by Gasteiger charge is -2.20. The van der Waals surface area contributed by atoms with Gasteiger partial charge in [-0.25, -0.2) is 0 Å². The van der Waals surface area contributed by atoms with Crippen LogP contribution in [0.5, 0.6) is 0 Å². The number of nitrogens with one attached hydrogen (secondary N) is 1. The van der Waals surface area contributed by atoms with Gasteiger partial charge in [0.05, 0.1) is 24.5 Å². The van der Waals surface area contributed by atoms with Gasteiger partial charge in [0.25, 0.3) is 11.8 Å². The van der Waals surface area contributed by atoms with Gasteiger partial charge in [-0.2, -0.15) is 15.1 Å². The van der Waals surface area contributed by atoms with E-state index in [-0.39, 0.29) is 4.59 Å². The van der Waals surface area contributed by atoms with Gasteiger partial charge in [-0.05, 0) is 28.9 Å². The second-order valence-electron chi connectivity index (χ2n) is 7.16. The highest BCUT2D eigenvalue weighted by Crippen LogP contribution is 2.32. The van der Waals surface area contributed by atoms with Crippen molar-refractivity contribution in [3.63, 3.8) is 0 Å². The third-order valence-electron chi connectivity index (χ3n) is 5.17. The highest BCUT2D eigenvalue weighted by molar-refractivity contribution is 7.13. The highest BCUT2D eigenvalue weighted by atomic mass is 32.1. The second-order valence-corrected chi connectivity index (χ2v) is 8.03. The smallest absolute Gasteiger partial charge is 0.320 e. The maximum absolute atomic E-state index is 4.82. The first-order chi connectivity index (χ1) is 15.3. The summed E-state index contributed by atoms with van der Waals surface area (Å²) in [6.07, 6.45) is 8.98. The predicted molar refractivity (Wildman–Crippen MR) is 125 cm³/mol. The number of benzene rings is 2. The maximum atomic E-state index is 4.82. The summed E-state index contributed by atoms with van der Waals surface area (Å²) < 4.78 is 2.10. The molecule has 6 rings (SSSR count). The van der Waals surface area contributed by atoms with E-state index in [0.29, 0.717) is 18.3 Å². The molecule has 150 valence electrons. The van der Waals surface area contributed by atoms with Crippen LogP contribution >= 0.6 is 11.3 Å². The summed E-state index contributed by atoms with van der Waals surface area (Å²) >= 11 is 1.53. The van der Waals surface area contributed by atoms with Gasteiger partial charge in [0, 0.05) is 22.7 Å². The highest BCUT2D eigenvalue weighted by Gasteiger charge is 2.45. The average molecular weight is 426 g/mol. The Balaban J connectivity index is 1.33. The molecule has 1 N–H and O–H groups in total. The molecule has 4 aromatic rings. The minimum atomic E-state index is 0.0949. The van der Waals surface area contributed by atoms with E-state index in [9.17, 15) is 0 Å². The molecule has 0 radical (unpaired) electrons. The number of rotatable bonds is 4. The van der Waals surface area contributed by atoms with Gasteiger partial charge < -0.3 is 5.32 Å². The van der Waals surface area contributed by atoms with E-state index in [1.807, 2.05) is 46.7 Å². The van der Waals surface area contributed by atoms with Crippen molar-refractivity contribution in [2.24, 2.45) is 15.1 Å². The minimum absolute atomic E-state index is 0.0949. The Labute approximate surface area is 181 Å². The third-order valence-corrected chi connectivity index (χ3v) is 6.02. The van der Waals surface area contributed by atoms with Gasteiger partial charge in [0.2, 0.25) is 0 Å². The van der Waals surface area contributed by atoms with Gasteiger partial charge in [0.15, 0.2) is 6.20 Å². The summed E-state index contributed by atoms with van der Waals surface area (Å²) in [5.74, 6) is 1.21. The number of aromatic nitrogens is 3. The fraction of sp³-hybridized carbons (Fsp3) is 0.0455. The van der Waals surface area contributed by atoms with Crippen LogP contribution in [-0.2, 0) is 6.54 Å². The molecule has 0 amide bonds. The largest absolute Gasteiger partial charge is 0.324 e. The SMILES string of the molecule is C1=C[N+]2(c3nccs3)N=C(Nc3ccc4cnn(Cc5ccccc5)c4c3)N=C2C=N1. The molecule has 31 heavy (non-hydrogen) atoms.